The van der Waals surface area contributed by atoms with Crippen molar-refractivity contribution < 1.29 is 14.2 Å². The third-order valence-electron chi connectivity index (χ3n) is 3.21. The second-order valence-electron chi connectivity index (χ2n) is 4.68. The summed E-state index contributed by atoms with van der Waals surface area (Å²) in [6, 6.07) is 1.20. The Hall–Kier alpha value is -1.47. The van der Waals surface area contributed by atoms with Gasteiger partial charge in [0, 0.05) is 18.2 Å². The zero-order valence-corrected chi connectivity index (χ0v) is 9.93. The Morgan fingerprint density at radius 1 is 1.67 bits per heavy atom. The van der Waals surface area contributed by atoms with Gasteiger partial charge in [0.2, 0.25) is 0 Å². The Morgan fingerprint density at radius 3 is 2.89 bits per heavy atom. The summed E-state index contributed by atoms with van der Waals surface area (Å²) in [7, 11) is 0. The molecule has 0 aromatic carbocycles. The van der Waals surface area contributed by atoms with Gasteiger partial charge in [0.25, 0.3) is 5.56 Å². The minimum Gasteiger partial charge on any atom is -0.393 e. The lowest BCUT2D eigenvalue weighted by molar-refractivity contribution is -0.113. The molecule has 1 aromatic rings. The molecule has 1 aliphatic heterocycles. The van der Waals surface area contributed by atoms with Gasteiger partial charge in [0.1, 0.15) is 18.5 Å². The first-order valence-corrected chi connectivity index (χ1v) is 5.67. The third-order valence-corrected chi connectivity index (χ3v) is 3.21. The second kappa shape index (κ2) is 4.66. The fourth-order valence-corrected chi connectivity index (χ4v) is 2.30. The van der Waals surface area contributed by atoms with Crippen LogP contribution in [0.1, 0.15) is 19.6 Å². The molecular formula is C11H15FN2O4. The number of aromatic nitrogens is 2. The highest BCUT2D eigenvalue weighted by molar-refractivity contribution is 4.93. The second-order valence-corrected chi connectivity index (χ2v) is 4.68. The van der Waals surface area contributed by atoms with Gasteiger partial charge >= 0.3 is 5.69 Å². The van der Waals surface area contributed by atoms with Crippen LogP contribution in [0.15, 0.2) is 21.9 Å². The molecule has 1 saturated heterocycles. The van der Waals surface area contributed by atoms with Gasteiger partial charge in [0.15, 0.2) is 0 Å². The Labute approximate surface area is 102 Å². The molecule has 18 heavy (non-hydrogen) atoms. The molecule has 100 valence electrons. The van der Waals surface area contributed by atoms with Crippen LogP contribution in [-0.4, -0.2) is 33.5 Å². The molecule has 3 atom stereocenters. The van der Waals surface area contributed by atoms with Crippen molar-refractivity contribution in [1.29, 1.82) is 0 Å². The Balaban J connectivity index is 2.35. The van der Waals surface area contributed by atoms with Gasteiger partial charge in [-0.15, -0.1) is 0 Å². The van der Waals surface area contributed by atoms with E-state index in [-0.39, 0.29) is 5.92 Å². The summed E-state index contributed by atoms with van der Waals surface area (Å²) < 4.78 is 19.6. The number of nitrogens with zero attached hydrogens (tertiary/aromatic N) is 1. The molecule has 0 spiro atoms. The molecule has 0 amide bonds. The van der Waals surface area contributed by atoms with Crippen molar-refractivity contribution in [3.05, 3.63) is 33.1 Å². The van der Waals surface area contributed by atoms with E-state index in [1.165, 1.54) is 16.8 Å². The molecule has 7 heteroatoms. The number of alkyl halides is 1. The molecule has 1 aromatic heterocycles. The topological polar surface area (TPSA) is 84.3 Å². The van der Waals surface area contributed by atoms with Crippen molar-refractivity contribution in [2.24, 2.45) is 5.92 Å². The van der Waals surface area contributed by atoms with E-state index in [1.807, 2.05) is 0 Å². The lowest BCUT2D eigenvalue weighted by atomic mass is 9.96. The number of rotatable bonds is 3. The molecule has 0 bridgehead atoms. The zero-order valence-electron chi connectivity index (χ0n) is 9.93. The van der Waals surface area contributed by atoms with Crippen molar-refractivity contribution in [3.8, 4) is 0 Å². The van der Waals surface area contributed by atoms with Crippen LogP contribution in [-0.2, 0) is 4.74 Å². The van der Waals surface area contributed by atoms with Crippen molar-refractivity contribution in [2.45, 2.75) is 25.2 Å². The lowest BCUT2D eigenvalue weighted by Crippen LogP contribution is -2.37. The minimum atomic E-state index is -1.25. The van der Waals surface area contributed by atoms with E-state index in [0.717, 1.165) is 0 Å². The number of halogens is 1. The maximum absolute atomic E-state index is 13.0. The average Bonchev–Trinajstić information content (AvgIpc) is 2.67. The van der Waals surface area contributed by atoms with Gasteiger partial charge in [-0.1, -0.05) is 6.92 Å². The number of aliphatic hydroxyl groups excluding tert-OH is 1. The average molecular weight is 258 g/mol. The first-order chi connectivity index (χ1) is 8.51. The predicted octanol–water partition coefficient (Wildman–Crippen LogP) is -0.208. The van der Waals surface area contributed by atoms with Gasteiger partial charge in [-0.05, 0) is 6.42 Å². The number of hydrogen-bond acceptors (Lipinski definition) is 4. The van der Waals surface area contributed by atoms with E-state index in [9.17, 15) is 19.1 Å². The van der Waals surface area contributed by atoms with Crippen LogP contribution in [0.4, 0.5) is 4.39 Å². The third kappa shape index (κ3) is 2.11. The number of aliphatic hydroxyl groups is 1. The smallest absolute Gasteiger partial charge is 0.330 e. The molecule has 0 unspecified atom stereocenters. The first-order valence-electron chi connectivity index (χ1n) is 5.67. The fourth-order valence-electron chi connectivity index (χ4n) is 2.30. The fraction of sp³-hybridized carbons (Fsp3) is 0.636. The van der Waals surface area contributed by atoms with E-state index < -0.39 is 36.4 Å². The molecule has 1 aliphatic rings. The standard InChI is InChI=1S/C11H15FN2O4/c1-7-4-11(5-12,6-15)18-9(7)14-3-2-8(16)13-10(14)17/h2-3,7,9,15H,4-6H2,1H3,(H,13,16,17)/t7-,9+,11+/m0/s1. The molecule has 1 fully saturated rings. The van der Waals surface area contributed by atoms with E-state index in [2.05, 4.69) is 4.98 Å². The molecule has 2 N–H and O–H groups in total. The highest BCUT2D eigenvalue weighted by Crippen LogP contribution is 2.40. The van der Waals surface area contributed by atoms with Crippen LogP contribution in [0.2, 0.25) is 0 Å². The maximum atomic E-state index is 13.0. The van der Waals surface area contributed by atoms with Gasteiger partial charge in [0.05, 0.1) is 6.61 Å². The summed E-state index contributed by atoms with van der Waals surface area (Å²) in [5.74, 6) is -0.142. The highest BCUT2D eigenvalue weighted by Gasteiger charge is 2.45. The summed E-state index contributed by atoms with van der Waals surface area (Å²) in [5, 5.41) is 9.20. The van der Waals surface area contributed by atoms with Crippen LogP contribution >= 0.6 is 0 Å². The summed E-state index contributed by atoms with van der Waals surface area (Å²) in [6.07, 6.45) is 0.946. The highest BCUT2D eigenvalue weighted by atomic mass is 19.1. The number of nitrogens with one attached hydrogen (secondary N) is 1. The molecule has 0 aliphatic carbocycles. The SMILES string of the molecule is C[C@H]1C[C@](CO)(CF)O[C@H]1n1ccc(=O)[nH]c1=O. The lowest BCUT2D eigenvalue weighted by Gasteiger charge is -2.24. The van der Waals surface area contributed by atoms with Crippen LogP contribution in [0, 0.1) is 5.92 Å². The van der Waals surface area contributed by atoms with Crippen molar-refractivity contribution in [1.82, 2.24) is 9.55 Å². The summed E-state index contributed by atoms with van der Waals surface area (Å²) in [6.45, 7) is 0.542. The van der Waals surface area contributed by atoms with Crippen LogP contribution in [0.3, 0.4) is 0 Å². The van der Waals surface area contributed by atoms with Crippen molar-refractivity contribution in [2.75, 3.05) is 13.3 Å². The van der Waals surface area contributed by atoms with Crippen LogP contribution in [0.25, 0.3) is 0 Å². The van der Waals surface area contributed by atoms with E-state index in [4.69, 9.17) is 4.74 Å². The number of hydrogen-bond donors (Lipinski definition) is 2. The Bertz CT molecular complexity index is 534. The van der Waals surface area contributed by atoms with E-state index >= 15 is 0 Å². The normalized spacial score (nSPS) is 31.7. The number of H-pyrrole nitrogens is 1. The Morgan fingerprint density at radius 2 is 2.39 bits per heavy atom. The molecule has 6 nitrogen and oxygen atoms in total. The van der Waals surface area contributed by atoms with Crippen LogP contribution in [0.5, 0.6) is 0 Å². The quantitative estimate of drug-likeness (QED) is 0.786. The van der Waals surface area contributed by atoms with Gasteiger partial charge in [-0.25, -0.2) is 9.18 Å². The van der Waals surface area contributed by atoms with Crippen molar-refractivity contribution in [3.63, 3.8) is 0 Å². The first kappa shape index (κ1) is 13.0. The molecule has 0 radical (unpaired) electrons. The summed E-state index contributed by atoms with van der Waals surface area (Å²) in [5.41, 5.74) is -2.35. The molecule has 2 rings (SSSR count). The van der Waals surface area contributed by atoms with Crippen molar-refractivity contribution >= 4 is 0 Å². The van der Waals surface area contributed by atoms with E-state index in [0.29, 0.717) is 6.42 Å². The predicted molar refractivity (Wildman–Crippen MR) is 61.0 cm³/mol. The zero-order chi connectivity index (χ0) is 13.3. The summed E-state index contributed by atoms with van der Waals surface area (Å²) in [4.78, 5) is 24.7. The van der Waals surface area contributed by atoms with Gasteiger partial charge < -0.3 is 9.84 Å². The number of ether oxygens (including phenoxy) is 1. The molecule has 0 saturated carbocycles. The summed E-state index contributed by atoms with van der Waals surface area (Å²) >= 11 is 0. The number of aromatic amines is 1. The minimum absolute atomic E-state index is 0.142. The van der Waals surface area contributed by atoms with Gasteiger partial charge in [-0.3, -0.25) is 14.3 Å². The molecular weight excluding hydrogens is 243 g/mol. The Kier molecular flexibility index (Phi) is 3.36. The van der Waals surface area contributed by atoms with E-state index in [1.54, 1.807) is 6.92 Å². The van der Waals surface area contributed by atoms with Gasteiger partial charge in [-0.2, -0.15) is 0 Å². The monoisotopic (exact) mass is 258 g/mol. The van der Waals surface area contributed by atoms with Crippen LogP contribution < -0.4 is 11.2 Å². The largest absolute Gasteiger partial charge is 0.393 e. The molecule has 2 heterocycles. The maximum Gasteiger partial charge on any atom is 0.330 e.